The van der Waals surface area contributed by atoms with Crippen molar-refractivity contribution in [3.8, 4) is 5.75 Å². The van der Waals surface area contributed by atoms with Crippen LogP contribution in [0.15, 0.2) is 24.3 Å². The molecule has 1 saturated heterocycles. The lowest BCUT2D eigenvalue weighted by molar-refractivity contribution is -0.119. The van der Waals surface area contributed by atoms with Gasteiger partial charge < -0.3 is 15.3 Å². The van der Waals surface area contributed by atoms with Crippen molar-refractivity contribution >= 4 is 11.8 Å². The Bertz CT molecular complexity index is 473. The second kappa shape index (κ2) is 5.08. The van der Waals surface area contributed by atoms with E-state index in [9.17, 15) is 14.7 Å². The lowest BCUT2D eigenvalue weighted by Crippen LogP contribution is -2.37. The first-order valence-corrected chi connectivity index (χ1v) is 5.92. The van der Waals surface area contributed by atoms with E-state index in [-0.39, 0.29) is 23.6 Å². The molecule has 5 nitrogen and oxygen atoms in total. The SMILES string of the molecule is CC(=O)NC1CCN(C(=O)c2ccccc2O)C1. The zero-order chi connectivity index (χ0) is 13.1. The molecule has 1 heterocycles. The number of para-hydroxylation sites is 1. The van der Waals surface area contributed by atoms with Crippen molar-refractivity contribution in [3.63, 3.8) is 0 Å². The number of hydrogen-bond donors (Lipinski definition) is 2. The van der Waals surface area contributed by atoms with Gasteiger partial charge in [0.05, 0.1) is 5.56 Å². The number of phenolic OH excluding ortho intramolecular Hbond substituents is 1. The Balaban J connectivity index is 2.04. The number of rotatable bonds is 2. The lowest BCUT2D eigenvalue weighted by Gasteiger charge is -2.17. The summed E-state index contributed by atoms with van der Waals surface area (Å²) >= 11 is 0. The van der Waals surface area contributed by atoms with Gasteiger partial charge in [-0.1, -0.05) is 12.1 Å². The van der Waals surface area contributed by atoms with Crippen LogP contribution in [0.1, 0.15) is 23.7 Å². The van der Waals surface area contributed by atoms with E-state index in [2.05, 4.69) is 5.32 Å². The third-order valence-electron chi connectivity index (χ3n) is 3.02. The van der Waals surface area contributed by atoms with Crippen LogP contribution in [0, 0.1) is 0 Å². The molecule has 0 bridgehead atoms. The molecule has 18 heavy (non-hydrogen) atoms. The first kappa shape index (κ1) is 12.4. The summed E-state index contributed by atoms with van der Waals surface area (Å²) < 4.78 is 0. The largest absolute Gasteiger partial charge is 0.507 e. The minimum atomic E-state index is -0.194. The molecule has 2 rings (SSSR count). The van der Waals surface area contributed by atoms with Crippen molar-refractivity contribution < 1.29 is 14.7 Å². The van der Waals surface area contributed by atoms with Gasteiger partial charge in [0, 0.05) is 26.1 Å². The van der Waals surface area contributed by atoms with E-state index in [4.69, 9.17) is 0 Å². The van der Waals surface area contributed by atoms with Gasteiger partial charge in [-0.3, -0.25) is 9.59 Å². The highest BCUT2D eigenvalue weighted by Crippen LogP contribution is 2.20. The molecule has 1 fully saturated rings. The van der Waals surface area contributed by atoms with Crippen LogP contribution >= 0.6 is 0 Å². The summed E-state index contributed by atoms with van der Waals surface area (Å²) in [6, 6.07) is 6.50. The van der Waals surface area contributed by atoms with Gasteiger partial charge in [-0.05, 0) is 18.6 Å². The average Bonchev–Trinajstić information content (AvgIpc) is 2.76. The second-order valence-corrected chi connectivity index (χ2v) is 4.45. The Labute approximate surface area is 105 Å². The minimum Gasteiger partial charge on any atom is -0.507 e. The molecule has 0 aliphatic carbocycles. The summed E-state index contributed by atoms with van der Waals surface area (Å²) in [6.45, 7) is 2.55. The van der Waals surface area contributed by atoms with Crippen molar-refractivity contribution in [2.45, 2.75) is 19.4 Å². The van der Waals surface area contributed by atoms with Crippen molar-refractivity contribution in [2.24, 2.45) is 0 Å². The van der Waals surface area contributed by atoms with Crippen LogP contribution in [-0.4, -0.2) is 41.0 Å². The molecule has 1 unspecified atom stereocenters. The number of hydrogen-bond acceptors (Lipinski definition) is 3. The molecular formula is C13H16N2O3. The van der Waals surface area contributed by atoms with E-state index in [1.165, 1.54) is 13.0 Å². The quantitative estimate of drug-likeness (QED) is 0.811. The summed E-state index contributed by atoms with van der Waals surface area (Å²) in [7, 11) is 0. The first-order chi connectivity index (χ1) is 8.58. The Kier molecular flexibility index (Phi) is 3.50. The number of carbonyl (C=O) groups excluding carboxylic acids is 2. The fourth-order valence-corrected chi connectivity index (χ4v) is 2.17. The van der Waals surface area contributed by atoms with Gasteiger partial charge in [0.15, 0.2) is 0 Å². The van der Waals surface area contributed by atoms with Gasteiger partial charge in [0.25, 0.3) is 5.91 Å². The van der Waals surface area contributed by atoms with Gasteiger partial charge in [-0.2, -0.15) is 0 Å². The Morgan fingerprint density at radius 2 is 2.11 bits per heavy atom. The predicted molar refractivity (Wildman–Crippen MR) is 66.2 cm³/mol. The zero-order valence-corrected chi connectivity index (χ0v) is 10.2. The molecular weight excluding hydrogens is 232 g/mol. The maximum atomic E-state index is 12.2. The standard InChI is InChI=1S/C13H16N2O3/c1-9(16)14-10-6-7-15(8-10)13(18)11-4-2-3-5-12(11)17/h2-5,10,17H,6-8H2,1H3,(H,14,16). The Hall–Kier alpha value is -2.04. The van der Waals surface area contributed by atoms with Crippen LogP contribution in [0.2, 0.25) is 0 Å². The molecule has 0 spiro atoms. The highest BCUT2D eigenvalue weighted by molar-refractivity contribution is 5.97. The van der Waals surface area contributed by atoms with E-state index in [1.54, 1.807) is 23.1 Å². The average molecular weight is 248 g/mol. The molecule has 0 radical (unpaired) electrons. The van der Waals surface area contributed by atoms with E-state index in [1.807, 2.05) is 0 Å². The fourth-order valence-electron chi connectivity index (χ4n) is 2.17. The smallest absolute Gasteiger partial charge is 0.257 e. The number of amides is 2. The van der Waals surface area contributed by atoms with Crippen molar-refractivity contribution in [2.75, 3.05) is 13.1 Å². The normalized spacial score (nSPS) is 18.7. The summed E-state index contributed by atoms with van der Waals surface area (Å²) in [5, 5.41) is 12.4. The number of likely N-dealkylation sites (tertiary alicyclic amines) is 1. The van der Waals surface area contributed by atoms with E-state index >= 15 is 0 Å². The van der Waals surface area contributed by atoms with Gasteiger partial charge in [0.2, 0.25) is 5.91 Å². The molecule has 2 amide bonds. The van der Waals surface area contributed by atoms with E-state index in [0.717, 1.165) is 6.42 Å². The summed E-state index contributed by atoms with van der Waals surface area (Å²) in [5.41, 5.74) is 0.306. The summed E-state index contributed by atoms with van der Waals surface area (Å²) in [5.74, 6) is -0.289. The number of phenols is 1. The molecule has 1 aromatic carbocycles. The van der Waals surface area contributed by atoms with E-state index < -0.39 is 0 Å². The number of benzene rings is 1. The minimum absolute atomic E-state index is 0.00882. The molecule has 1 aromatic rings. The number of aromatic hydroxyl groups is 1. The third kappa shape index (κ3) is 2.61. The van der Waals surface area contributed by atoms with Gasteiger partial charge >= 0.3 is 0 Å². The second-order valence-electron chi connectivity index (χ2n) is 4.45. The molecule has 0 saturated carbocycles. The zero-order valence-electron chi connectivity index (χ0n) is 10.2. The van der Waals surface area contributed by atoms with Crippen LogP contribution in [0.5, 0.6) is 5.75 Å². The predicted octanol–water partition coefficient (Wildman–Crippen LogP) is 0.743. The lowest BCUT2D eigenvalue weighted by atomic mass is 10.2. The van der Waals surface area contributed by atoms with Gasteiger partial charge in [-0.15, -0.1) is 0 Å². The van der Waals surface area contributed by atoms with E-state index in [0.29, 0.717) is 18.7 Å². The molecule has 1 atom stereocenters. The molecule has 5 heteroatoms. The van der Waals surface area contributed by atoms with Crippen LogP contribution < -0.4 is 5.32 Å². The van der Waals surface area contributed by atoms with Gasteiger partial charge in [-0.25, -0.2) is 0 Å². The van der Waals surface area contributed by atoms with Crippen molar-refractivity contribution in [3.05, 3.63) is 29.8 Å². The number of carbonyl (C=O) groups is 2. The topological polar surface area (TPSA) is 69.6 Å². The summed E-state index contributed by atoms with van der Waals surface area (Å²) in [4.78, 5) is 24.7. The Morgan fingerprint density at radius 3 is 2.78 bits per heavy atom. The molecule has 0 aromatic heterocycles. The fraction of sp³-hybridized carbons (Fsp3) is 0.385. The summed E-state index contributed by atoms with van der Waals surface area (Å²) in [6.07, 6.45) is 0.749. The molecule has 2 N–H and O–H groups in total. The first-order valence-electron chi connectivity index (χ1n) is 5.92. The molecule has 1 aliphatic rings. The van der Waals surface area contributed by atoms with Gasteiger partial charge in [0.1, 0.15) is 5.75 Å². The maximum Gasteiger partial charge on any atom is 0.257 e. The number of nitrogens with zero attached hydrogens (tertiary/aromatic N) is 1. The highest BCUT2D eigenvalue weighted by atomic mass is 16.3. The van der Waals surface area contributed by atoms with Crippen molar-refractivity contribution in [1.82, 2.24) is 10.2 Å². The van der Waals surface area contributed by atoms with Crippen molar-refractivity contribution in [1.29, 1.82) is 0 Å². The molecule has 1 aliphatic heterocycles. The highest BCUT2D eigenvalue weighted by Gasteiger charge is 2.28. The van der Waals surface area contributed by atoms with Crippen LogP contribution in [-0.2, 0) is 4.79 Å². The van der Waals surface area contributed by atoms with Crippen LogP contribution in [0.3, 0.4) is 0 Å². The van der Waals surface area contributed by atoms with Crippen LogP contribution in [0.4, 0.5) is 0 Å². The molecule has 96 valence electrons. The Morgan fingerprint density at radius 1 is 1.39 bits per heavy atom. The monoisotopic (exact) mass is 248 g/mol. The maximum absolute atomic E-state index is 12.2. The van der Waals surface area contributed by atoms with Crippen LogP contribution in [0.25, 0.3) is 0 Å². The third-order valence-corrected chi connectivity index (χ3v) is 3.02. The number of nitrogens with one attached hydrogen (secondary N) is 1.